The average molecular weight is 556 g/mol. The van der Waals surface area contributed by atoms with E-state index >= 15 is 0 Å². The molecular formula is C29H38Cl3FN2O. The number of carbonyl (C=O) groups is 1. The van der Waals surface area contributed by atoms with E-state index in [0.717, 1.165) is 30.8 Å². The number of hydrogen-bond acceptors (Lipinski definition) is 2. The van der Waals surface area contributed by atoms with Crippen LogP contribution in [0.2, 0.25) is 5.02 Å². The molecule has 0 fully saturated rings. The van der Waals surface area contributed by atoms with Gasteiger partial charge in [0.2, 0.25) is 6.41 Å². The molecule has 0 aliphatic rings. The van der Waals surface area contributed by atoms with E-state index in [1.807, 2.05) is 39.0 Å². The van der Waals surface area contributed by atoms with Crippen LogP contribution in [0, 0.1) is 18.7 Å². The number of aryl methyl sites for hydroxylation is 1. The number of halogens is 4. The monoisotopic (exact) mass is 554 g/mol. The van der Waals surface area contributed by atoms with Gasteiger partial charge in [-0.2, -0.15) is 0 Å². The van der Waals surface area contributed by atoms with E-state index in [4.69, 9.17) is 34.8 Å². The number of carbonyl (C=O) groups excluding carboxylic acids is 1. The molecule has 2 rings (SSSR count). The normalized spacial score (nSPS) is 11.4. The smallest absolute Gasteiger partial charge is 0.211 e. The lowest BCUT2D eigenvalue weighted by atomic mass is 10.1. The zero-order valence-electron chi connectivity index (χ0n) is 22.0. The molecule has 36 heavy (non-hydrogen) atoms. The molecule has 0 saturated carbocycles. The number of rotatable bonds is 10. The van der Waals surface area contributed by atoms with Gasteiger partial charge in [0.25, 0.3) is 0 Å². The number of para-hydroxylation sites is 1. The van der Waals surface area contributed by atoms with Crippen molar-refractivity contribution in [3.8, 4) is 0 Å². The average Bonchev–Trinajstić information content (AvgIpc) is 2.87. The van der Waals surface area contributed by atoms with Gasteiger partial charge in [0, 0.05) is 17.9 Å². The Morgan fingerprint density at radius 1 is 1.17 bits per heavy atom. The van der Waals surface area contributed by atoms with E-state index in [-0.39, 0.29) is 5.02 Å². The largest absolute Gasteiger partial charge is 0.339 e. The SMILES string of the molecule is C=C/C(Cl)=C(\C(Cl)=C/C)N(CCCC(C)C)c1ccccc1C.CC.O=CNc1ccc(F)c(Cl)c1. The van der Waals surface area contributed by atoms with Crippen molar-refractivity contribution in [2.45, 2.75) is 54.4 Å². The first-order valence-corrected chi connectivity index (χ1v) is 13.1. The van der Waals surface area contributed by atoms with E-state index in [2.05, 4.69) is 49.7 Å². The minimum Gasteiger partial charge on any atom is -0.339 e. The first-order chi connectivity index (χ1) is 17.2. The third kappa shape index (κ3) is 11.6. The van der Waals surface area contributed by atoms with Gasteiger partial charge in [-0.3, -0.25) is 4.79 Å². The highest BCUT2D eigenvalue weighted by molar-refractivity contribution is 6.36. The number of amides is 1. The molecule has 0 atom stereocenters. The van der Waals surface area contributed by atoms with E-state index in [9.17, 15) is 9.18 Å². The second-order valence-corrected chi connectivity index (χ2v) is 9.12. The number of hydrogen-bond donors (Lipinski definition) is 1. The molecule has 0 bridgehead atoms. The molecule has 0 radical (unpaired) electrons. The summed E-state index contributed by atoms with van der Waals surface area (Å²) in [5.41, 5.74) is 3.63. The van der Waals surface area contributed by atoms with Crippen LogP contribution in [0.15, 0.2) is 77.0 Å². The Bertz CT molecular complexity index is 1020. The van der Waals surface area contributed by atoms with Gasteiger partial charge in [0.1, 0.15) is 5.82 Å². The van der Waals surface area contributed by atoms with Gasteiger partial charge in [-0.05, 0) is 68.5 Å². The van der Waals surface area contributed by atoms with Crippen molar-refractivity contribution >= 4 is 52.6 Å². The summed E-state index contributed by atoms with van der Waals surface area (Å²) < 4.78 is 12.5. The molecule has 1 N–H and O–H groups in total. The van der Waals surface area contributed by atoms with Crippen molar-refractivity contribution in [3.63, 3.8) is 0 Å². The lowest BCUT2D eigenvalue weighted by Crippen LogP contribution is -2.26. The van der Waals surface area contributed by atoms with Gasteiger partial charge >= 0.3 is 0 Å². The number of benzene rings is 2. The molecule has 1 amide bonds. The molecule has 0 aliphatic carbocycles. The Morgan fingerprint density at radius 3 is 2.31 bits per heavy atom. The number of anilines is 2. The van der Waals surface area contributed by atoms with E-state index in [1.165, 1.54) is 23.8 Å². The number of nitrogens with one attached hydrogen (secondary N) is 1. The zero-order chi connectivity index (χ0) is 27.7. The van der Waals surface area contributed by atoms with Crippen molar-refractivity contribution in [1.82, 2.24) is 0 Å². The van der Waals surface area contributed by atoms with Gasteiger partial charge in [-0.15, -0.1) is 0 Å². The molecule has 0 aliphatic heterocycles. The molecule has 0 spiro atoms. The zero-order valence-corrected chi connectivity index (χ0v) is 24.3. The highest BCUT2D eigenvalue weighted by Gasteiger charge is 2.19. The number of allylic oxidation sites excluding steroid dienone is 4. The molecule has 0 heterocycles. The summed E-state index contributed by atoms with van der Waals surface area (Å²) in [6.07, 6.45) is 6.26. The fourth-order valence-electron chi connectivity index (χ4n) is 3.14. The second kappa shape index (κ2) is 18.9. The summed E-state index contributed by atoms with van der Waals surface area (Å²) in [6.45, 7) is 17.2. The lowest BCUT2D eigenvalue weighted by Gasteiger charge is -2.30. The topological polar surface area (TPSA) is 32.3 Å². The summed E-state index contributed by atoms with van der Waals surface area (Å²) in [6, 6.07) is 12.3. The molecule has 0 unspecified atom stereocenters. The maximum atomic E-state index is 12.5. The molecule has 3 nitrogen and oxygen atoms in total. The van der Waals surface area contributed by atoms with Crippen LogP contribution < -0.4 is 10.2 Å². The fraction of sp³-hybridized carbons (Fsp3) is 0.345. The second-order valence-electron chi connectivity index (χ2n) is 7.90. The molecule has 2 aromatic rings. The summed E-state index contributed by atoms with van der Waals surface area (Å²) in [7, 11) is 0. The predicted octanol–water partition coefficient (Wildman–Crippen LogP) is 10.1. The Kier molecular flexibility index (Phi) is 17.7. The standard InChI is InChI=1S/C20H27Cl2N.C7H5ClFNO.C2H6/c1-6-17(21)20(18(22)7-2)23(14-10-11-15(3)4)19-13-9-8-12-16(19)5;8-6-3-5(10-4-11)1-2-7(6)9;1-2/h6-9,12-13,15H,1,10-11,14H2,2-5H3;1-4H,(H,10,11);1-2H3/b18-7+,20-17-;;. The minimum absolute atomic E-state index is 0.00292. The Morgan fingerprint density at radius 2 is 1.81 bits per heavy atom. The Balaban J connectivity index is 0.000000784. The first kappa shape index (κ1) is 33.7. The van der Waals surface area contributed by atoms with Crippen LogP contribution in [0.1, 0.15) is 53.0 Å². The van der Waals surface area contributed by atoms with Crippen molar-refractivity contribution < 1.29 is 9.18 Å². The maximum absolute atomic E-state index is 12.5. The molecule has 2 aromatic carbocycles. The predicted molar refractivity (Wildman–Crippen MR) is 158 cm³/mol. The lowest BCUT2D eigenvalue weighted by molar-refractivity contribution is -0.105. The Hall–Kier alpha value is -2.27. The van der Waals surface area contributed by atoms with E-state index < -0.39 is 5.82 Å². The van der Waals surface area contributed by atoms with Crippen LogP contribution in [0.4, 0.5) is 15.8 Å². The van der Waals surface area contributed by atoms with Crippen molar-refractivity contribution in [1.29, 1.82) is 0 Å². The van der Waals surface area contributed by atoms with Gasteiger partial charge in [-0.25, -0.2) is 4.39 Å². The van der Waals surface area contributed by atoms with Crippen molar-refractivity contribution in [3.05, 3.63) is 93.4 Å². The third-order valence-electron chi connectivity index (χ3n) is 4.87. The number of nitrogens with zero attached hydrogens (tertiary/aromatic N) is 1. The summed E-state index contributed by atoms with van der Waals surface area (Å²) >= 11 is 18.3. The van der Waals surface area contributed by atoms with E-state index in [0.29, 0.717) is 28.1 Å². The molecular weight excluding hydrogens is 518 g/mol. The van der Waals surface area contributed by atoms with Crippen molar-refractivity contribution in [2.24, 2.45) is 5.92 Å². The minimum atomic E-state index is -0.497. The Labute approximate surface area is 231 Å². The van der Waals surface area contributed by atoms with E-state index in [1.54, 1.807) is 6.08 Å². The summed E-state index contributed by atoms with van der Waals surface area (Å²) in [5, 5.41) is 3.55. The molecule has 7 heteroatoms. The van der Waals surface area contributed by atoms with Crippen LogP contribution >= 0.6 is 34.8 Å². The van der Waals surface area contributed by atoms with Crippen LogP contribution in [0.25, 0.3) is 0 Å². The fourth-order valence-corrected chi connectivity index (χ4v) is 3.77. The van der Waals surface area contributed by atoms with Crippen LogP contribution in [-0.2, 0) is 4.79 Å². The first-order valence-electron chi connectivity index (χ1n) is 12.0. The van der Waals surface area contributed by atoms with Crippen molar-refractivity contribution in [2.75, 3.05) is 16.8 Å². The van der Waals surface area contributed by atoms with Gasteiger partial charge in [-0.1, -0.05) is 93.4 Å². The van der Waals surface area contributed by atoms with Gasteiger partial charge in [0.15, 0.2) is 0 Å². The van der Waals surface area contributed by atoms with Crippen LogP contribution in [0.3, 0.4) is 0 Å². The van der Waals surface area contributed by atoms with Crippen LogP contribution in [0.5, 0.6) is 0 Å². The maximum Gasteiger partial charge on any atom is 0.211 e. The highest BCUT2D eigenvalue weighted by Crippen LogP contribution is 2.33. The van der Waals surface area contributed by atoms with Crippen LogP contribution in [-0.4, -0.2) is 13.0 Å². The third-order valence-corrected chi connectivity index (χ3v) is 5.89. The van der Waals surface area contributed by atoms with Gasteiger partial charge in [0.05, 0.1) is 20.8 Å². The summed E-state index contributed by atoms with van der Waals surface area (Å²) in [5.74, 6) is 0.177. The molecule has 198 valence electrons. The summed E-state index contributed by atoms with van der Waals surface area (Å²) in [4.78, 5) is 12.1. The highest BCUT2D eigenvalue weighted by atomic mass is 35.5. The molecule has 0 saturated heterocycles. The molecule has 0 aromatic heterocycles. The van der Waals surface area contributed by atoms with Gasteiger partial charge < -0.3 is 10.2 Å². The quantitative estimate of drug-likeness (QED) is 0.234.